The predicted octanol–water partition coefficient (Wildman–Crippen LogP) is 1.85. The second-order valence-corrected chi connectivity index (χ2v) is 4.57. The fourth-order valence-electron chi connectivity index (χ4n) is 1.14. The Kier molecular flexibility index (Phi) is 6.32. The average molecular weight is 216 g/mol. The van der Waals surface area contributed by atoms with Crippen LogP contribution in [0.25, 0.3) is 0 Å². The van der Waals surface area contributed by atoms with Gasteiger partial charge in [0.2, 0.25) is 0 Å². The lowest BCUT2D eigenvalue weighted by Crippen LogP contribution is -2.40. The van der Waals surface area contributed by atoms with E-state index in [-0.39, 0.29) is 6.09 Å². The molecular weight excluding hydrogens is 192 g/mol. The van der Waals surface area contributed by atoms with Gasteiger partial charge in [-0.25, -0.2) is 4.79 Å². The van der Waals surface area contributed by atoms with Crippen molar-refractivity contribution in [1.29, 1.82) is 0 Å². The molecule has 15 heavy (non-hydrogen) atoms. The number of carbonyl (C=O) groups excluding carboxylic acids is 1. The highest BCUT2D eigenvalue weighted by atomic mass is 16.6. The SMILES string of the molecule is CCCN(CCNC)C(=O)OC(C)(C)C. The lowest BCUT2D eigenvalue weighted by Gasteiger charge is -2.27. The number of nitrogens with zero attached hydrogens (tertiary/aromatic N) is 1. The van der Waals surface area contributed by atoms with Crippen molar-refractivity contribution in [3.05, 3.63) is 0 Å². The maximum absolute atomic E-state index is 11.7. The van der Waals surface area contributed by atoms with Crippen molar-refractivity contribution in [3.63, 3.8) is 0 Å². The van der Waals surface area contributed by atoms with Gasteiger partial charge in [-0.05, 0) is 34.2 Å². The number of ether oxygens (including phenoxy) is 1. The van der Waals surface area contributed by atoms with Crippen LogP contribution < -0.4 is 5.32 Å². The molecule has 4 heteroatoms. The number of rotatable bonds is 5. The quantitative estimate of drug-likeness (QED) is 0.762. The Hall–Kier alpha value is -0.770. The number of amides is 1. The summed E-state index contributed by atoms with van der Waals surface area (Å²) in [6, 6.07) is 0. The number of hydrogen-bond donors (Lipinski definition) is 1. The second-order valence-electron chi connectivity index (χ2n) is 4.57. The molecule has 0 unspecified atom stereocenters. The van der Waals surface area contributed by atoms with Crippen molar-refractivity contribution < 1.29 is 9.53 Å². The molecule has 0 rings (SSSR count). The van der Waals surface area contributed by atoms with Gasteiger partial charge in [0.25, 0.3) is 0 Å². The van der Waals surface area contributed by atoms with Gasteiger partial charge in [-0.2, -0.15) is 0 Å². The zero-order valence-corrected chi connectivity index (χ0v) is 10.6. The third-order valence-electron chi connectivity index (χ3n) is 1.78. The Balaban J connectivity index is 4.15. The minimum absolute atomic E-state index is 0.223. The molecule has 0 bridgehead atoms. The van der Waals surface area contributed by atoms with Gasteiger partial charge in [0.1, 0.15) is 5.60 Å². The van der Waals surface area contributed by atoms with Gasteiger partial charge in [-0.3, -0.25) is 0 Å². The molecule has 0 radical (unpaired) electrons. The molecule has 0 aliphatic carbocycles. The van der Waals surface area contributed by atoms with Crippen LogP contribution in [0, 0.1) is 0 Å². The van der Waals surface area contributed by atoms with Crippen LogP contribution in [0.3, 0.4) is 0 Å². The zero-order chi connectivity index (χ0) is 11.9. The average Bonchev–Trinajstić information content (AvgIpc) is 2.09. The molecule has 0 saturated carbocycles. The molecule has 0 aromatic heterocycles. The number of carbonyl (C=O) groups is 1. The van der Waals surface area contributed by atoms with Crippen molar-refractivity contribution in [2.75, 3.05) is 26.7 Å². The highest BCUT2D eigenvalue weighted by Crippen LogP contribution is 2.09. The summed E-state index contributed by atoms with van der Waals surface area (Å²) in [6.07, 6.45) is 0.725. The van der Waals surface area contributed by atoms with Gasteiger partial charge >= 0.3 is 6.09 Å². The molecule has 1 N–H and O–H groups in total. The van der Waals surface area contributed by atoms with E-state index in [0.717, 1.165) is 19.5 Å². The maximum Gasteiger partial charge on any atom is 0.410 e. The smallest absolute Gasteiger partial charge is 0.410 e. The van der Waals surface area contributed by atoms with E-state index in [1.807, 2.05) is 27.8 Å². The highest BCUT2D eigenvalue weighted by Gasteiger charge is 2.20. The Bertz CT molecular complexity index is 188. The van der Waals surface area contributed by atoms with Crippen molar-refractivity contribution in [3.8, 4) is 0 Å². The Morgan fingerprint density at radius 3 is 2.33 bits per heavy atom. The molecule has 90 valence electrons. The standard InChI is InChI=1S/C11H24N2O2/c1-6-8-13(9-7-12-5)10(14)15-11(2,3)4/h12H,6-9H2,1-5H3. The molecule has 0 fully saturated rings. The van der Waals surface area contributed by atoms with Crippen LogP contribution in [-0.2, 0) is 4.74 Å². The van der Waals surface area contributed by atoms with Crippen molar-refractivity contribution in [1.82, 2.24) is 10.2 Å². The van der Waals surface area contributed by atoms with Crippen LogP contribution in [0.2, 0.25) is 0 Å². The van der Waals surface area contributed by atoms with Gasteiger partial charge in [0.05, 0.1) is 0 Å². The number of hydrogen-bond acceptors (Lipinski definition) is 3. The van der Waals surface area contributed by atoms with Crippen molar-refractivity contribution in [2.24, 2.45) is 0 Å². The van der Waals surface area contributed by atoms with Gasteiger partial charge in [0.15, 0.2) is 0 Å². The first kappa shape index (κ1) is 14.2. The highest BCUT2D eigenvalue weighted by molar-refractivity contribution is 5.68. The molecule has 1 amide bonds. The molecule has 4 nitrogen and oxygen atoms in total. The minimum Gasteiger partial charge on any atom is -0.444 e. The summed E-state index contributed by atoms with van der Waals surface area (Å²) in [5.41, 5.74) is -0.414. The normalized spacial score (nSPS) is 11.3. The van der Waals surface area contributed by atoms with E-state index < -0.39 is 5.60 Å². The van der Waals surface area contributed by atoms with E-state index in [1.54, 1.807) is 4.90 Å². The van der Waals surface area contributed by atoms with E-state index in [0.29, 0.717) is 6.54 Å². The molecule has 0 aliphatic heterocycles. The summed E-state index contributed by atoms with van der Waals surface area (Å²) >= 11 is 0. The van der Waals surface area contributed by atoms with Gasteiger partial charge < -0.3 is 15.0 Å². The Morgan fingerprint density at radius 2 is 1.93 bits per heavy atom. The first-order valence-electron chi connectivity index (χ1n) is 5.53. The first-order valence-corrected chi connectivity index (χ1v) is 5.53. The van der Waals surface area contributed by atoms with Gasteiger partial charge in [-0.1, -0.05) is 6.92 Å². The van der Waals surface area contributed by atoms with Crippen LogP contribution in [0.15, 0.2) is 0 Å². The summed E-state index contributed by atoms with van der Waals surface area (Å²) in [5, 5.41) is 3.02. The van der Waals surface area contributed by atoms with Gasteiger partial charge in [-0.15, -0.1) is 0 Å². The summed E-state index contributed by atoms with van der Waals surface area (Å²) in [6.45, 7) is 9.93. The van der Waals surface area contributed by atoms with Crippen molar-refractivity contribution >= 4 is 6.09 Å². The largest absolute Gasteiger partial charge is 0.444 e. The first-order chi connectivity index (χ1) is 6.90. The van der Waals surface area contributed by atoms with Crippen molar-refractivity contribution in [2.45, 2.75) is 39.7 Å². The second kappa shape index (κ2) is 6.67. The van der Waals surface area contributed by atoms with E-state index in [1.165, 1.54) is 0 Å². The topological polar surface area (TPSA) is 41.6 Å². The van der Waals surface area contributed by atoms with E-state index in [4.69, 9.17) is 4.74 Å². The molecule has 0 saturated heterocycles. The van der Waals surface area contributed by atoms with Crippen LogP contribution in [0.5, 0.6) is 0 Å². The number of likely N-dealkylation sites (N-methyl/N-ethyl adjacent to an activating group) is 1. The third-order valence-corrected chi connectivity index (χ3v) is 1.78. The van der Waals surface area contributed by atoms with Crippen LogP contribution in [0.1, 0.15) is 34.1 Å². The third kappa shape index (κ3) is 7.19. The fourth-order valence-corrected chi connectivity index (χ4v) is 1.14. The minimum atomic E-state index is -0.414. The fraction of sp³-hybridized carbons (Fsp3) is 0.909. The van der Waals surface area contributed by atoms with E-state index >= 15 is 0 Å². The summed E-state index contributed by atoms with van der Waals surface area (Å²) in [4.78, 5) is 13.5. The predicted molar refractivity (Wildman–Crippen MR) is 62.0 cm³/mol. The van der Waals surface area contributed by atoms with Crippen LogP contribution in [-0.4, -0.2) is 43.3 Å². The summed E-state index contributed by atoms with van der Waals surface area (Å²) < 4.78 is 5.31. The molecule has 0 aliphatic rings. The van der Waals surface area contributed by atoms with Gasteiger partial charge in [0, 0.05) is 19.6 Å². The molecule has 0 atom stereocenters. The Labute approximate surface area is 93.0 Å². The number of nitrogens with one attached hydrogen (secondary N) is 1. The summed E-state index contributed by atoms with van der Waals surface area (Å²) in [5.74, 6) is 0. The van der Waals surface area contributed by atoms with Crippen LogP contribution in [0.4, 0.5) is 4.79 Å². The lowest BCUT2D eigenvalue weighted by atomic mass is 10.2. The molecular formula is C11H24N2O2. The molecule has 0 spiro atoms. The van der Waals surface area contributed by atoms with E-state index in [9.17, 15) is 4.79 Å². The van der Waals surface area contributed by atoms with E-state index in [2.05, 4.69) is 12.2 Å². The lowest BCUT2D eigenvalue weighted by molar-refractivity contribution is 0.0253. The maximum atomic E-state index is 11.7. The molecule has 0 aromatic carbocycles. The summed E-state index contributed by atoms with van der Waals surface area (Å²) in [7, 11) is 1.87. The Morgan fingerprint density at radius 1 is 1.33 bits per heavy atom. The zero-order valence-electron chi connectivity index (χ0n) is 10.6. The monoisotopic (exact) mass is 216 g/mol. The molecule has 0 heterocycles. The van der Waals surface area contributed by atoms with Crippen LogP contribution >= 0.6 is 0 Å². The molecule has 0 aromatic rings.